The molecule has 4 N–H and O–H groups in total. The lowest BCUT2D eigenvalue weighted by molar-refractivity contribution is -0.115. The Morgan fingerprint density at radius 2 is 2.29 bits per heavy atom. The summed E-state index contributed by atoms with van der Waals surface area (Å²) < 4.78 is 5.00. The van der Waals surface area contributed by atoms with Crippen molar-refractivity contribution in [2.24, 2.45) is 5.73 Å². The average Bonchev–Trinajstić information content (AvgIpc) is 2.63. The van der Waals surface area contributed by atoms with Crippen molar-refractivity contribution < 1.29 is 19.4 Å². The van der Waals surface area contributed by atoms with Crippen molar-refractivity contribution in [1.82, 2.24) is 0 Å². The van der Waals surface area contributed by atoms with Crippen molar-refractivity contribution in [2.45, 2.75) is 12.7 Å². The fourth-order valence-corrected chi connectivity index (χ4v) is 0.933. The summed E-state index contributed by atoms with van der Waals surface area (Å²) in [4.78, 5) is 10.7. The maximum absolute atomic E-state index is 10.7. The molecule has 1 aromatic heterocycles. The molecule has 0 spiro atoms. The summed E-state index contributed by atoms with van der Waals surface area (Å²) in [6.07, 6.45) is -1.26. The lowest BCUT2D eigenvalue weighted by Gasteiger charge is -2.07. The van der Waals surface area contributed by atoms with Crippen LogP contribution >= 0.6 is 0 Å². The molecular formula is C9H11NO4. The zero-order valence-corrected chi connectivity index (χ0v) is 7.43. The summed E-state index contributed by atoms with van der Waals surface area (Å²) in [6, 6.07) is 2.94. The molecule has 14 heavy (non-hydrogen) atoms. The van der Waals surface area contributed by atoms with E-state index in [4.69, 9.17) is 15.3 Å². The van der Waals surface area contributed by atoms with Crippen molar-refractivity contribution in [3.63, 3.8) is 0 Å². The molecule has 0 fully saturated rings. The van der Waals surface area contributed by atoms with E-state index in [2.05, 4.69) is 6.58 Å². The van der Waals surface area contributed by atoms with Crippen molar-refractivity contribution in [2.75, 3.05) is 0 Å². The van der Waals surface area contributed by atoms with Crippen LogP contribution < -0.4 is 5.73 Å². The molecule has 0 saturated carbocycles. The lowest BCUT2D eigenvalue weighted by atomic mass is 10.1. The number of primary amides is 1. The molecule has 1 aromatic rings. The zero-order valence-electron chi connectivity index (χ0n) is 7.43. The lowest BCUT2D eigenvalue weighted by Crippen LogP contribution is -2.18. The second-order valence-electron chi connectivity index (χ2n) is 2.75. The molecule has 1 heterocycles. The summed E-state index contributed by atoms with van der Waals surface area (Å²) in [5.41, 5.74) is 4.77. The van der Waals surface area contributed by atoms with Gasteiger partial charge in [-0.05, 0) is 12.1 Å². The third-order valence-electron chi connectivity index (χ3n) is 1.75. The highest BCUT2D eigenvalue weighted by atomic mass is 16.4. The van der Waals surface area contributed by atoms with E-state index in [0.717, 1.165) is 0 Å². The summed E-state index contributed by atoms with van der Waals surface area (Å²) >= 11 is 0. The number of carbonyl (C=O) groups excluding carboxylic acids is 1. The van der Waals surface area contributed by atoms with Gasteiger partial charge >= 0.3 is 0 Å². The van der Waals surface area contributed by atoms with Gasteiger partial charge < -0.3 is 20.4 Å². The molecule has 0 aromatic carbocycles. The SMILES string of the molecule is C=C(C(N)=O)C(O)c1ccc(CO)o1. The first-order chi connectivity index (χ1) is 6.56. The quantitative estimate of drug-likeness (QED) is 0.584. The van der Waals surface area contributed by atoms with Crippen LogP contribution in [0.2, 0.25) is 0 Å². The van der Waals surface area contributed by atoms with E-state index in [0.29, 0.717) is 5.76 Å². The molecule has 0 bridgehead atoms. The van der Waals surface area contributed by atoms with Gasteiger partial charge in [0.05, 0.1) is 0 Å². The first kappa shape index (κ1) is 10.5. The van der Waals surface area contributed by atoms with Crippen LogP contribution in [0.4, 0.5) is 0 Å². The van der Waals surface area contributed by atoms with E-state index in [-0.39, 0.29) is 17.9 Å². The maximum Gasteiger partial charge on any atom is 0.247 e. The third-order valence-corrected chi connectivity index (χ3v) is 1.75. The number of aliphatic hydroxyl groups is 2. The normalized spacial score (nSPS) is 12.4. The molecule has 1 rings (SSSR count). The number of aliphatic hydroxyl groups excluding tert-OH is 2. The average molecular weight is 197 g/mol. The molecule has 0 aliphatic rings. The van der Waals surface area contributed by atoms with Gasteiger partial charge in [-0.15, -0.1) is 0 Å². The summed E-state index contributed by atoms with van der Waals surface area (Å²) in [5, 5.41) is 18.2. The number of carbonyl (C=O) groups is 1. The second kappa shape index (κ2) is 4.08. The van der Waals surface area contributed by atoms with Crippen LogP contribution in [0, 0.1) is 0 Å². The highest BCUT2D eigenvalue weighted by Gasteiger charge is 2.19. The van der Waals surface area contributed by atoms with Crippen LogP contribution in [0.15, 0.2) is 28.7 Å². The second-order valence-corrected chi connectivity index (χ2v) is 2.75. The predicted molar refractivity (Wildman–Crippen MR) is 47.9 cm³/mol. The van der Waals surface area contributed by atoms with Gasteiger partial charge in [0.25, 0.3) is 0 Å². The largest absolute Gasteiger partial charge is 0.460 e. The minimum absolute atomic E-state index is 0.137. The Balaban J connectivity index is 2.83. The number of furan rings is 1. The van der Waals surface area contributed by atoms with Crippen LogP contribution in [0.25, 0.3) is 0 Å². The molecule has 5 nitrogen and oxygen atoms in total. The molecule has 0 radical (unpaired) electrons. The van der Waals surface area contributed by atoms with Crippen LogP contribution in [0.5, 0.6) is 0 Å². The highest BCUT2D eigenvalue weighted by Crippen LogP contribution is 2.22. The van der Waals surface area contributed by atoms with Crippen molar-refractivity contribution >= 4 is 5.91 Å². The summed E-state index contributed by atoms with van der Waals surface area (Å²) in [6.45, 7) is 3.05. The van der Waals surface area contributed by atoms with E-state index in [9.17, 15) is 9.90 Å². The Kier molecular flexibility index (Phi) is 3.06. The van der Waals surface area contributed by atoms with E-state index in [1.165, 1.54) is 12.1 Å². The monoisotopic (exact) mass is 197 g/mol. The number of hydrogen-bond acceptors (Lipinski definition) is 4. The number of nitrogens with two attached hydrogens (primary N) is 1. The zero-order chi connectivity index (χ0) is 10.7. The smallest absolute Gasteiger partial charge is 0.247 e. The van der Waals surface area contributed by atoms with Gasteiger partial charge in [-0.3, -0.25) is 4.79 Å². The molecule has 0 saturated heterocycles. The standard InChI is InChI=1S/C9H11NO4/c1-5(9(10)13)8(12)7-3-2-6(4-11)14-7/h2-3,8,11-12H,1,4H2,(H2,10,13). The first-order valence-electron chi connectivity index (χ1n) is 3.92. The number of amides is 1. The highest BCUT2D eigenvalue weighted by molar-refractivity contribution is 5.92. The van der Waals surface area contributed by atoms with Crippen molar-refractivity contribution in [3.8, 4) is 0 Å². The third kappa shape index (κ3) is 2.01. The number of hydrogen-bond donors (Lipinski definition) is 3. The van der Waals surface area contributed by atoms with Crippen molar-refractivity contribution in [3.05, 3.63) is 35.8 Å². The molecule has 0 aliphatic carbocycles. The molecule has 0 aliphatic heterocycles. The summed E-state index contributed by atoms with van der Waals surface area (Å²) in [5.74, 6) is -0.353. The minimum atomic E-state index is -1.26. The van der Waals surface area contributed by atoms with Crippen LogP contribution in [0.1, 0.15) is 17.6 Å². The van der Waals surface area contributed by atoms with Gasteiger partial charge in [0, 0.05) is 5.57 Å². The molecule has 5 heteroatoms. The Morgan fingerprint density at radius 3 is 2.71 bits per heavy atom. The minimum Gasteiger partial charge on any atom is -0.460 e. The Bertz CT molecular complexity index is 355. The van der Waals surface area contributed by atoms with E-state index in [1.807, 2.05) is 0 Å². The van der Waals surface area contributed by atoms with Gasteiger partial charge in [0.15, 0.2) is 0 Å². The van der Waals surface area contributed by atoms with Gasteiger partial charge in [0.2, 0.25) is 5.91 Å². The van der Waals surface area contributed by atoms with E-state index in [1.54, 1.807) is 0 Å². The molecule has 1 unspecified atom stereocenters. The molecule has 1 atom stereocenters. The molecule has 1 amide bonds. The molecular weight excluding hydrogens is 186 g/mol. The van der Waals surface area contributed by atoms with Crippen LogP contribution in [-0.2, 0) is 11.4 Å². The Hall–Kier alpha value is -1.59. The molecule has 76 valence electrons. The predicted octanol–water partition coefficient (Wildman–Crippen LogP) is -0.153. The first-order valence-corrected chi connectivity index (χ1v) is 3.92. The van der Waals surface area contributed by atoms with Gasteiger partial charge in [-0.1, -0.05) is 6.58 Å². The van der Waals surface area contributed by atoms with Crippen molar-refractivity contribution in [1.29, 1.82) is 0 Å². The fourth-order valence-electron chi connectivity index (χ4n) is 0.933. The van der Waals surface area contributed by atoms with Gasteiger partial charge in [0.1, 0.15) is 24.2 Å². The van der Waals surface area contributed by atoms with E-state index >= 15 is 0 Å². The Morgan fingerprint density at radius 1 is 1.64 bits per heavy atom. The van der Waals surface area contributed by atoms with Crippen LogP contribution in [0.3, 0.4) is 0 Å². The number of rotatable bonds is 4. The van der Waals surface area contributed by atoms with E-state index < -0.39 is 12.0 Å². The van der Waals surface area contributed by atoms with Gasteiger partial charge in [-0.25, -0.2) is 0 Å². The Labute approximate surface area is 80.5 Å². The fraction of sp³-hybridized carbons (Fsp3) is 0.222. The maximum atomic E-state index is 10.7. The van der Waals surface area contributed by atoms with Crippen LogP contribution in [-0.4, -0.2) is 16.1 Å². The van der Waals surface area contributed by atoms with Gasteiger partial charge in [-0.2, -0.15) is 0 Å². The topological polar surface area (TPSA) is 96.7 Å². The summed E-state index contributed by atoms with van der Waals surface area (Å²) in [7, 11) is 0.